The fourth-order valence-corrected chi connectivity index (χ4v) is 3.05. The van der Waals surface area contributed by atoms with E-state index in [9.17, 15) is 9.59 Å². The van der Waals surface area contributed by atoms with Crippen LogP contribution in [0, 0.1) is 11.8 Å². The molecule has 1 amide bonds. The van der Waals surface area contributed by atoms with Crippen molar-refractivity contribution in [1.29, 1.82) is 0 Å². The van der Waals surface area contributed by atoms with Gasteiger partial charge in [0.1, 0.15) is 0 Å². The summed E-state index contributed by atoms with van der Waals surface area (Å²) in [5.74, 6) is 0.576. The van der Waals surface area contributed by atoms with Crippen LogP contribution in [0.1, 0.15) is 49.0 Å². The first-order chi connectivity index (χ1) is 12.0. The Balaban J connectivity index is 1.75. The molecule has 6 nitrogen and oxygen atoms in total. The van der Waals surface area contributed by atoms with Crippen LogP contribution in [0.2, 0.25) is 0 Å². The Morgan fingerprint density at radius 1 is 1.24 bits per heavy atom. The zero-order valence-corrected chi connectivity index (χ0v) is 15.0. The van der Waals surface area contributed by atoms with Crippen LogP contribution >= 0.6 is 0 Å². The first kappa shape index (κ1) is 19.0. The van der Waals surface area contributed by atoms with Gasteiger partial charge in [-0.15, -0.1) is 0 Å². The summed E-state index contributed by atoms with van der Waals surface area (Å²) in [5, 5.41) is 6.84. The van der Waals surface area contributed by atoms with Gasteiger partial charge in [-0.05, 0) is 36.0 Å². The zero-order valence-electron chi connectivity index (χ0n) is 15.0. The van der Waals surface area contributed by atoms with Crippen LogP contribution in [0.3, 0.4) is 0 Å². The smallest absolute Gasteiger partial charge is 0.337 e. The maximum absolute atomic E-state index is 12.0. The van der Waals surface area contributed by atoms with E-state index in [1.54, 1.807) is 24.3 Å². The molecular formula is C19H26N2O4. The quantitative estimate of drug-likeness (QED) is 0.488. The Morgan fingerprint density at radius 3 is 2.64 bits per heavy atom. The largest absolute Gasteiger partial charge is 0.465 e. The molecule has 0 bridgehead atoms. The van der Waals surface area contributed by atoms with Crippen molar-refractivity contribution in [3.63, 3.8) is 0 Å². The Bertz CT molecular complexity index is 612. The molecule has 1 aliphatic rings. The molecule has 0 radical (unpaired) electrons. The third kappa shape index (κ3) is 5.59. The molecule has 2 rings (SSSR count). The second-order valence-corrected chi connectivity index (χ2v) is 6.56. The predicted octanol–water partition coefficient (Wildman–Crippen LogP) is 2.76. The predicted molar refractivity (Wildman–Crippen MR) is 95.4 cm³/mol. The molecule has 0 spiro atoms. The molecule has 0 heterocycles. The lowest BCUT2D eigenvalue weighted by Crippen LogP contribution is -2.44. The fraction of sp³-hybridized carbons (Fsp3) is 0.526. The highest BCUT2D eigenvalue weighted by Crippen LogP contribution is 2.29. The zero-order chi connectivity index (χ0) is 18.2. The van der Waals surface area contributed by atoms with E-state index in [0.717, 1.165) is 18.4 Å². The molecule has 1 N–H and O–H groups in total. The van der Waals surface area contributed by atoms with Gasteiger partial charge in [0.05, 0.1) is 18.9 Å². The Morgan fingerprint density at radius 2 is 1.96 bits per heavy atom. The highest BCUT2D eigenvalue weighted by molar-refractivity contribution is 5.90. The number of ether oxygens (including phenoxy) is 1. The van der Waals surface area contributed by atoms with E-state index in [1.165, 1.54) is 19.7 Å². The fourth-order valence-electron chi connectivity index (χ4n) is 3.05. The summed E-state index contributed by atoms with van der Waals surface area (Å²) in [6, 6.07) is 6.96. The number of amides is 1. The summed E-state index contributed by atoms with van der Waals surface area (Å²) in [4.78, 5) is 28.4. The first-order valence-corrected chi connectivity index (χ1v) is 8.64. The number of carbonyl (C=O) groups excluding carboxylic acids is 2. The summed E-state index contributed by atoms with van der Waals surface area (Å²) in [6.07, 6.45) is 4.90. The number of hydrogen-bond acceptors (Lipinski definition) is 5. The van der Waals surface area contributed by atoms with Gasteiger partial charge in [0.15, 0.2) is 6.61 Å². The number of rotatable bonds is 6. The molecule has 3 atom stereocenters. The molecule has 1 saturated carbocycles. The van der Waals surface area contributed by atoms with Gasteiger partial charge in [0, 0.05) is 6.04 Å². The monoisotopic (exact) mass is 346 g/mol. The minimum absolute atomic E-state index is 0.103. The van der Waals surface area contributed by atoms with Crippen LogP contribution < -0.4 is 5.32 Å². The average molecular weight is 346 g/mol. The number of carbonyl (C=O) groups is 2. The SMILES string of the molecule is COC(=O)c1ccc(/C=N\OCC(=O)N[C@@H]2CCC[C@@H](C)[C@@H]2C)cc1. The van der Waals surface area contributed by atoms with Crippen LogP contribution in [0.25, 0.3) is 0 Å². The van der Waals surface area contributed by atoms with Crippen molar-refractivity contribution in [2.24, 2.45) is 17.0 Å². The van der Waals surface area contributed by atoms with Gasteiger partial charge in [-0.25, -0.2) is 4.79 Å². The van der Waals surface area contributed by atoms with Crippen molar-refractivity contribution in [3.05, 3.63) is 35.4 Å². The van der Waals surface area contributed by atoms with Gasteiger partial charge >= 0.3 is 5.97 Å². The second kappa shape index (κ2) is 9.20. The summed E-state index contributed by atoms with van der Waals surface area (Å²) in [5.41, 5.74) is 1.23. The van der Waals surface area contributed by atoms with Crippen LogP contribution in [-0.2, 0) is 14.4 Å². The van der Waals surface area contributed by atoms with Gasteiger partial charge in [0.2, 0.25) is 0 Å². The lowest BCUT2D eigenvalue weighted by Gasteiger charge is -2.34. The average Bonchev–Trinajstić information content (AvgIpc) is 2.62. The third-order valence-corrected chi connectivity index (χ3v) is 4.86. The normalized spacial score (nSPS) is 23.2. The number of benzene rings is 1. The van der Waals surface area contributed by atoms with Gasteiger partial charge < -0.3 is 14.9 Å². The Kier molecular flexibility index (Phi) is 6.98. The van der Waals surface area contributed by atoms with Crippen LogP contribution in [-0.4, -0.2) is 37.8 Å². The molecule has 1 aromatic rings. The summed E-state index contributed by atoms with van der Waals surface area (Å²) in [6.45, 7) is 4.31. The Hall–Kier alpha value is -2.37. The minimum Gasteiger partial charge on any atom is -0.465 e. The van der Waals surface area contributed by atoms with E-state index < -0.39 is 0 Å². The summed E-state index contributed by atoms with van der Waals surface area (Å²) < 4.78 is 4.64. The lowest BCUT2D eigenvalue weighted by atomic mass is 9.78. The van der Waals surface area contributed by atoms with Crippen molar-refractivity contribution in [1.82, 2.24) is 5.32 Å². The maximum Gasteiger partial charge on any atom is 0.337 e. The molecule has 1 aromatic carbocycles. The van der Waals surface area contributed by atoms with Crippen molar-refractivity contribution >= 4 is 18.1 Å². The van der Waals surface area contributed by atoms with Crippen molar-refractivity contribution < 1.29 is 19.2 Å². The van der Waals surface area contributed by atoms with E-state index >= 15 is 0 Å². The minimum atomic E-state index is -0.386. The van der Waals surface area contributed by atoms with E-state index in [4.69, 9.17) is 4.84 Å². The van der Waals surface area contributed by atoms with E-state index in [2.05, 4.69) is 29.1 Å². The Labute approximate surface area is 148 Å². The van der Waals surface area contributed by atoms with Gasteiger partial charge in [-0.3, -0.25) is 4.79 Å². The van der Waals surface area contributed by atoms with Crippen molar-refractivity contribution in [2.45, 2.75) is 39.2 Å². The summed E-state index contributed by atoms with van der Waals surface area (Å²) in [7, 11) is 1.34. The topological polar surface area (TPSA) is 77.0 Å². The number of hydrogen-bond donors (Lipinski definition) is 1. The third-order valence-electron chi connectivity index (χ3n) is 4.86. The van der Waals surface area contributed by atoms with Crippen molar-refractivity contribution in [3.8, 4) is 0 Å². The van der Waals surface area contributed by atoms with Gasteiger partial charge in [-0.2, -0.15) is 0 Å². The number of nitrogens with zero attached hydrogens (tertiary/aromatic N) is 1. The molecule has 25 heavy (non-hydrogen) atoms. The number of esters is 1. The molecule has 136 valence electrons. The van der Waals surface area contributed by atoms with E-state index in [-0.39, 0.29) is 24.5 Å². The second-order valence-electron chi connectivity index (χ2n) is 6.56. The molecule has 6 heteroatoms. The number of oxime groups is 1. The first-order valence-electron chi connectivity index (χ1n) is 8.64. The molecule has 1 fully saturated rings. The molecule has 0 aromatic heterocycles. The molecule has 0 unspecified atom stereocenters. The highest BCUT2D eigenvalue weighted by atomic mass is 16.6. The standard InChI is InChI=1S/C19H26N2O4/c1-13-5-4-6-17(14(13)2)21-18(22)12-25-20-11-15-7-9-16(10-8-15)19(23)24-3/h7-11,13-14,17H,4-6,12H2,1-3H3,(H,21,22)/b20-11-/t13-,14+,17-/m1/s1. The van der Waals surface area contributed by atoms with Crippen LogP contribution in [0.4, 0.5) is 0 Å². The molecular weight excluding hydrogens is 320 g/mol. The van der Waals surface area contributed by atoms with E-state index in [0.29, 0.717) is 17.4 Å². The highest BCUT2D eigenvalue weighted by Gasteiger charge is 2.28. The van der Waals surface area contributed by atoms with Crippen LogP contribution in [0.5, 0.6) is 0 Å². The maximum atomic E-state index is 12.0. The van der Waals surface area contributed by atoms with E-state index in [1.807, 2.05) is 0 Å². The van der Waals surface area contributed by atoms with Gasteiger partial charge in [0.25, 0.3) is 5.91 Å². The summed E-state index contributed by atoms with van der Waals surface area (Å²) >= 11 is 0. The molecule has 1 aliphatic carbocycles. The lowest BCUT2D eigenvalue weighted by molar-refractivity contribution is -0.127. The van der Waals surface area contributed by atoms with Crippen molar-refractivity contribution in [2.75, 3.05) is 13.7 Å². The van der Waals surface area contributed by atoms with Gasteiger partial charge in [-0.1, -0.05) is 44.0 Å². The van der Waals surface area contributed by atoms with Crippen LogP contribution in [0.15, 0.2) is 29.4 Å². The number of methoxy groups -OCH3 is 1. The molecule has 0 aliphatic heterocycles. The molecule has 0 saturated heterocycles. The number of nitrogens with one attached hydrogen (secondary N) is 1.